The van der Waals surface area contributed by atoms with Crippen LogP contribution in [0.3, 0.4) is 0 Å². The SMILES string of the molecule is CCOC(O)C1=Cc2cc(-c3ccc(C(=O)N4CCCC4)cc3)ccc2-n2cnnc2C1. The van der Waals surface area contributed by atoms with Gasteiger partial charge in [0.2, 0.25) is 0 Å². The van der Waals surface area contributed by atoms with Gasteiger partial charge in [-0.1, -0.05) is 18.2 Å². The van der Waals surface area contributed by atoms with Crippen LogP contribution in [0.5, 0.6) is 0 Å². The molecule has 1 atom stereocenters. The molecule has 0 aliphatic carbocycles. The van der Waals surface area contributed by atoms with Crippen LogP contribution in [-0.4, -0.2) is 56.7 Å². The van der Waals surface area contributed by atoms with Crippen LogP contribution in [0, 0.1) is 0 Å². The summed E-state index contributed by atoms with van der Waals surface area (Å²) >= 11 is 0. The van der Waals surface area contributed by atoms with Crippen molar-refractivity contribution in [3.05, 3.63) is 71.3 Å². The standard InChI is InChI=1S/C25H26N4O3/c1-2-32-25(31)21-14-20-13-19(9-10-22(20)29-16-26-27-23(29)15-21)17-5-7-18(8-6-17)24(30)28-11-3-4-12-28/h5-10,13-14,16,25,31H,2-4,11-12,15H2,1H3. The van der Waals surface area contributed by atoms with Crippen LogP contribution in [0.2, 0.25) is 0 Å². The largest absolute Gasteiger partial charge is 0.364 e. The summed E-state index contributed by atoms with van der Waals surface area (Å²) in [5.74, 6) is 0.861. The van der Waals surface area contributed by atoms with Gasteiger partial charge in [-0.15, -0.1) is 10.2 Å². The molecule has 164 valence electrons. The zero-order chi connectivity index (χ0) is 22.1. The number of ether oxygens (including phenoxy) is 1. The normalized spacial score (nSPS) is 16.2. The van der Waals surface area contributed by atoms with E-state index >= 15 is 0 Å². The van der Waals surface area contributed by atoms with Crippen LogP contribution in [0.4, 0.5) is 0 Å². The van der Waals surface area contributed by atoms with Gasteiger partial charge in [0.25, 0.3) is 5.91 Å². The second-order valence-corrected chi connectivity index (χ2v) is 8.17. The Morgan fingerprint density at radius 3 is 2.62 bits per heavy atom. The van der Waals surface area contributed by atoms with Crippen molar-refractivity contribution in [3.8, 4) is 16.8 Å². The minimum atomic E-state index is -0.990. The summed E-state index contributed by atoms with van der Waals surface area (Å²) in [6.07, 6.45) is 5.30. The lowest BCUT2D eigenvalue weighted by molar-refractivity contribution is -0.0676. The van der Waals surface area contributed by atoms with Gasteiger partial charge in [0, 0.05) is 31.7 Å². The summed E-state index contributed by atoms with van der Waals surface area (Å²) in [6, 6.07) is 14.0. The first-order valence-electron chi connectivity index (χ1n) is 11.1. The molecule has 3 heterocycles. The number of hydrogen-bond donors (Lipinski definition) is 1. The van der Waals surface area contributed by atoms with Gasteiger partial charge in [-0.05, 0) is 72.4 Å². The Bertz CT molecular complexity index is 1160. The van der Waals surface area contributed by atoms with Gasteiger partial charge in [0.15, 0.2) is 6.29 Å². The average molecular weight is 431 g/mol. The minimum Gasteiger partial charge on any atom is -0.364 e. The number of likely N-dealkylation sites (tertiary alicyclic amines) is 1. The Morgan fingerprint density at radius 2 is 1.88 bits per heavy atom. The number of carbonyl (C=O) groups excluding carboxylic acids is 1. The summed E-state index contributed by atoms with van der Waals surface area (Å²) in [5.41, 5.74) is 5.42. The summed E-state index contributed by atoms with van der Waals surface area (Å²) in [6.45, 7) is 3.96. The summed E-state index contributed by atoms with van der Waals surface area (Å²) in [7, 11) is 0. The van der Waals surface area contributed by atoms with Gasteiger partial charge in [0.1, 0.15) is 12.2 Å². The van der Waals surface area contributed by atoms with Crippen molar-refractivity contribution in [3.63, 3.8) is 0 Å². The van der Waals surface area contributed by atoms with Crippen LogP contribution in [0.15, 0.2) is 54.4 Å². The molecule has 5 rings (SSSR count). The predicted octanol–water partition coefficient (Wildman–Crippen LogP) is 3.46. The van der Waals surface area contributed by atoms with Crippen molar-refractivity contribution in [2.75, 3.05) is 19.7 Å². The Labute approximate surface area is 187 Å². The molecule has 2 aromatic carbocycles. The highest BCUT2D eigenvalue weighted by Crippen LogP contribution is 2.31. The molecule has 7 nitrogen and oxygen atoms in total. The topological polar surface area (TPSA) is 80.5 Å². The molecule has 1 fully saturated rings. The molecule has 2 aliphatic rings. The van der Waals surface area contributed by atoms with Crippen molar-refractivity contribution in [2.24, 2.45) is 0 Å². The minimum absolute atomic E-state index is 0.105. The molecule has 1 amide bonds. The molecule has 1 unspecified atom stereocenters. The first-order valence-corrected chi connectivity index (χ1v) is 11.1. The van der Waals surface area contributed by atoms with Crippen molar-refractivity contribution in [1.82, 2.24) is 19.7 Å². The van der Waals surface area contributed by atoms with Gasteiger partial charge in [-0.3, -0.25) is 9.36 Å². The molecule has 0 radical (unpaired) electrons. The lowest BCUT2D eigenvalue weighted by Crippen LogP contribution is -2.27. The number of benzene rings is 2. The van der Waals surface area contributed by atoms with E-state index in [0.29, 0.717) is 13.0 Å². The van der Waals surface area contributed by atoms with Gasteiger partial charge in [-0.25, -0.2) is 0 Å². The summed E-state index contributed by atoms with van der Waals surface area (Å²) in [5, 5.41) is 18.7. The third-order valence-corrected chi connectivity index (χ3v) is 6.11. The number of amides is 1. The number of hydrogen-bond acceptors (Lipinski definition) is 5. The number of rotatable bonds is 5. The van der Waals surface area contributed by atoms with Gasteiger partial charge in [-0.2, -0.15) is 0 Å². The molecular formula is C25H26N4O3. The van der Waals surface area contributed by atoms with Gasteiger partial charge >= 0.3 is 0 Å². The lowest BCUT2D eigenvalue weighted by atomic mass is 9.99. The predicted molar refractivity (Wildman–Crippen MR) is 121 cm³/mol. The molecule has 0 bridgehead atoms. The van der Waals surface area contributed by atoms with Crippen LogP contribution in [0.25, 0.3) is 22.9 Å². The maximum atomic E-state index is 12.6. The number of aromatic nitrogens is 3. The van der Waals surface area contributed by atoms with Crippen LogP contribution >= 0.6 is 0 Å². The van der Waals surface area contributed by atoms with Crippen LogP contribution in [-0.2, 0) is 11.2 Å². The number of nitrogens with zero attached hydrogens (tertiary/aromatic N) is 4. The maximum Gasteiger partial charge on any atom is 0.253 e. The molecule has 1 aromatic heterocycles. The van der Waals surface area contributed by atoms with E-state index in [0.717, 1.165) is 65.3 Å². The van der Waals surface area contributed by atoms with E-state index in [9.17, 15) is 9.90 Å². The maximum absolute atomic E-state index is 12.6. The quantitative estimate of drug-likeness (QED) is 0.627. The third kappa shape index (κ3) is 3.85. The second-order valence-electron chi connectivity index (χ2n) is 8.17. The fourth-order valence-electron chi connectivity index (χ4n) is 4.41. The van der Waals surface area contributed by atoms with E-state index < -0.39 is 6.29 Å². The van der Waals surface area contributed by atoms with E-state index in [1.807, 2.05) is 52.8 Å². The van der Waals surface area contributed by atoms with Crippen molar-refractivity contribution >= 4 is 12.0 Å². The highest BCUT2D eigenvalue weighted by Gasteiger charge is 2.22. The Balaban J connectivity index is 1.49. The Kier molecular flexibility index (Phi) is 5.59. The van der Waals surface area contributed by atoms with E-state index in [4.69, 9.17) is 4.74 Å². The van der Waals surface area contributed by atoms with E-state index in [1.54, 1.807) is 6.33 Å². The Hall–Kier alpha value is -3.29. The molecule has 3 aromatic rings. The smallest absolute Gasteiger partial charge is 0.253 e. The molecule has 32 heavy (non-hydrogen) atoms. The zero-order valence-corrected chi connectivity index (χ0v) is 18.1. The van der Waals surface area contributed by atoms with Crippen molar-refractivity contribution < 1.29 is 14.6 Å². The molecule has 7 heteroatoms. The second kappa shape index (κ2) is 8.68. The zero-order valence-electron chi connectivity index (χ0n) is 18.1. The molecule has 0 spiro atoms. The highest BCUT2D eigenvalue weighted by atomic mass is 16.6. The number of aliphatic hydroxyl groups is 1. The van der Waals surface area contributed by atoms with E-state index in [2.05, 4.69) is 22.3 Å². The average Bonchev–Trinajstić information content (AvgIpc) is 3.49. The lowest BCUT2D eigenvalue weighted by Gasteiger charge is -2.15. The monoisotopic (exact) mass is 430 g/mol. The molecule has 1 saturated heterocycles. The number of fused-ring (bicyclic) bond motifs is 3. The van der Waals surface area contributed by atoms with Crippen molar-refractivity contribution in [2.45, 2.75) is 32.5 Å². The molecule has 0 saturated carbocycles. The summed E-state index contributed by atoms with van der Waals surface area (Å²) in [4.78, 5) is 14.6. The van der Waals surface area contributed by atoms with Crippen LogP contribution < -0.4 is 0 Å². The number of carbonyl (C=O) groups is 1. The van der Waals surface area contributed by atoms with E-state index in [1.165, 1.54) is 0 Å². The van der Waals surface area contributed by atoms with E-state index in [-0.39, 0.29) is 5.91 Å². The van der Waals surface area contributed by atoms with Gasteiger partial charge < -0.3 is 14.7 Å². The third-order valence-electron chi connectivity index (χ3n) is 6.11. The molecule has 1 N–H and O–H groups in total. The molecular weight excluding hydrogens is 404 g/mol. The molecule has 2 aliphatic heterocycles. The first kappa shape index (κ1) is 20.6. The summed E-state index contributed by atoms with van der Waals surface area (Å²) < 4.78 is 7.37. The van der Waals surface area contributed by atoms with Gasteiger partial charge in [0.05, 0.1) is 5.69 Å². The fourth-order valence-corrected chi connectivity index (χ4v) is 4.41. The van der Waals surface area contributed by atoms with Crippen molar-refractivity contribution in [1.29, 1.82) is 0 Å². The van der Waals surface area contributed by atoms with Crippen LogP contribution in [0.1, 0.15) is 41.5 Å². The highest BCUT2D eigenvalue weighted by molar-refractivity contribution is 5.95. The fraction of sp³-hybridized carbons (Fsp3) is 0.320. The number of aliphatic hydroxyl groups excluding tert-OH is 1. The first-order chi connectivity index (χ1) is 15.6. The Morgan fingerprint density at radius 1 is 1.12 bits per heavy atom.